The second kappa shape index (κ2) is 6.01. The van der Waals surface area contributed by atoms with Crippen LogP contribution in [0, 0.1) is 5.92 Å². The molecule has 4 heteroatoms. The van der Waals surface area contributed by atoms with Gasteiger partial charge in [0.2, 0.25) is 0 Å². The summed E-state index contributed by atoms with van der Waals surface area (Å²) in [4.78, 5) is 11.8. The summed E-state index contributed by atoms with van der Waals surface area (Å²) < 4.78 is 16.1. The largest absolute Gasteiger partial charge is 0.466 e. The van der Waals surface area contributed by atoms with Crippen LogP contribution >= 0.6 is 0 Å². The lowest BCUT2D eigenvalue weighted by atomic mass is 9.94. The maximum absolute atomic E-state index is 11.8. The summed E-state index contributed by atoms with van der Waals surface area (Å²) in [6, 6.07) is 0. The second-order valence-corrected chi connectivity index (χ2v) is 3.88. The van der Waals surface area contributed by atoms with E-state index in [9.17, 15) is 4.79 Å². The van der Waals surface area contributed by atoms with Crippen LogP contribution in [0.3, 0.4) is 0 Å². The predicted octanol–water partition coefficient (Wildman–Crippen LogP) is 1.89. The fourth-order valence-electron chi connectivity index (χ4n) is 1.85. The molecule has 0 saturated carbocycles. The molecule has 0 bridgehead atoms. The second-order valence-electron chi connectivity index (χ2n) is 3.88. The van der Waals surface area contributed by atoms with Gasteiger partial charge in [-0.1, -0.05) is 6.08 Å². The zero-order valence-corrected chi connectivity index (χ0v) is 10.0. The van der Waals surface area contributed by atoms with E-state index in [4.69, 9.17) is 14.2 Å². The van der Waals surface area contributed by atoms with Crippen molar-refractivity contribution in [1.82, 2.24) is 0 Å². The van der Waals surface area contributed by atoms with Gasteiger partial charge in [0.15, 0.2) is 5.79 Å². The van der Waals surface area contributed by atoms with E-state index in [2.05, 4.69) is 6.58 Å². The van der Waals surface area contributed by atoms with Crippen LogP contribution in [0.1, 0.15) is 26.7 Å². The Kier molecular flexibility index (Phi) is 4.96. The predicted molar refractivity (Wildman–Crippen MR) is 59.9 cm³/mol. The first kappa shape index (κ1) is 13.2. The standard InChI is InChI=1S/C12H20O4/c1-4-6-7-10(11(13)14-5-2)12(3)15-8-9-16-12/h4,10H,1,5-9H2,2-3H3. The summed E-state index contributed by atoms with van der Waals surface area (Å²) in [7, 11) is 0. The van der Waals surface area contributed by atoms with Crippen molar-refractivity contribution in [2.75, 3.05) is 19.8 Å². The van der Waals surface area contributed by atoms with Crippen molar-refractivity contribution >= 4 is 5.97 Å². The average Bonchev–Trinajstić information content (AvgIpc) is 2.67. The highest BCUT2D eigenvalue weighted by Crippen LogP contribution is 2.32. The van der Waals surface area contributed by atoms with E-state index in [-0.39, 0.29) is 11.9 Å². The zero-order valence-electron chi connectivity index (χ0n) is 10.0. The molecule has 0 aromatic rings. The van der Waals surface area contributed by atoms with Crippen molar-refractivity contribution in [3.05, 3.63) is 12.7 Å². The lowest BCUT2D eigenvalue weighted by Gasteiger charge is -2.30. The Morgan fingerprint density at radius 3 is 2.69 bits per heavy atom. The van der Waals surface area contributed by atoms with Crippen LogP contribution in [0.15, 0.2) is 12.7 Å². The third-order valence-corrected chi connectivity index (χ3v) is 2.72. The summed E-state index contributed by atoms with van der Waals surface area (Å²) in [5.41, 5.74) is 0. The zero-order chi connectivity index (χ0) is 12.0. The summed E-state index contributed by atoms with van der Waals surface area (Å²) in [5.74, 6) is -1.48. The van der Waals surface area contributed by atoms with E-state index in [0.717, 1.165) is 6.42 Å². The quantitative estimate of drug-likeness (QED) is 0.514. The topological polar surface area (TPSA) is 44.8 Å². The van der Waals surface area contributed by atoms with Gasteiger partial charge in [-0.2, -0.15) is 0 Å². The monoisotopic (exact) mass is 228 g/mol. The summed E-state index contributed by atoms with van der Waals surface area (Å²) in [5, 5.41) is 0. The molecule has 0 aromatic carbocycles. The molecule has 1 atom stereocenters. The Labute approximate surface area is 96.6 Å². The van der Waals surface area contributed by atoms with E-state index in [1.165, 1.54) is 0 Å². The highest BCUT2D eigenvalue weighted by molar-refractivity contribution is 5.73. The minimum Gasteiger partial charge on any atom is -0.466 e. The SMILES string of the molecule is C=CCCC(C(=O)OCC)C1(C)OCCO1. The van der Waals surface area contributed by atoms with Crippen LogP contribution < -0.4 is 0 Å². The Hall–Kier alpha value is -0.870. The minimum atomic E-state index is -0.838. The van der Waals surface area contributed by atoms with Crippen LogP contribution in [0.25, 0.3) is 0 Å². The van der Waals surface area contributed by atoms with Crippen LogP contribution in [0.4, 0.5) is 0 Å². The number of hydrogen-bond donors (Lipinski definition) is 0. The van der Waals surface area contributed by atoms with Gasteiger partial charge in [0, 0.05) is 0 Å². The van der Waals surface area contributed by atoms with Gasteiger partial charge in [0.25, 0.3) is 0 Å². The van der Waals surface area contributed by atoms with Gasteiger partial charge in [0.05, 0.1) is 19.8 Å². The smallest absolute Gasteiger partial charge is 0.314 e. The van der Waals surface area contributed by atoms with E-state index >= 15 is 0 Å². The lowest BCUT2D eigenvalue weighted by Crippen LogP contribution is -2.41. The Morgan fingerprint density at radius 2 is 2.19 bits per heavy atom. The van der Waals surface area contributed by atoms with Crippen molar-refractivity contribution < 1.29 is 19.0 Å². The highest BCUT2D eigenvalue weighted by Gasteiger charge is 2.44. The van der Waals surface area contributed by atoms with Gasteiger partial charge in [-0.15, -0.1) is 6.58 Å². The molecule has 1 saturated heterocycles. The summed E-state index contributed by atoms with van der Waals surface area (Å²) in [6.45, 7) is 8.67. The van der Waals surface area contributed by atoms with Crippen LogP contribution in [0.5, 0.6) is 0 Å². The third-order valence-electron chi connectivity index (χ3n) is 2.72. The lowest BCUT2D eigenvalue weighted by molar-refractivity contribution is -0.201. The van der Waals surface area contributed by atoms with Crippen molar-refractivity contribution in [2.24, 2.45) is 5.92 Å². The number of carbonyl (C=O) groups is 1. The van der Waals surface area contributed by atoms with E-state index in [0.29, 0.717) is 26.2 Å². The van der Waals surface area contributed by atoms with Crippen molar-refractivity contribution in [1.29, 1.82) is 0 Å². The minimum absolute atomic E-state index is 0.256. The number of hydrogen-bond acceptors (Lipinski definition) is 4. The van der Waals surface area contributed by atoms with Crippen molar-refractivity contribution in [3.63, 3.8) is 0 Å². The first-order valence-electron chi connectivity index (χ1n) is 5.69. The van der Waals surface area contributed by atoms with Gasteiger partial charge in [-0.05, 0) is 26.7 Å². The molecule has 0 aromatic heterocycles. The van der Waals surface area contributed by atoms with Gasteiger partial charge < -0.3 is 14.2 Å². The molecule has 0 N–H and O–H groups in total. The Balaban J connectivity index is 2.68. The maximum atomic E-state index is 11.8. The molecular weight excluding hydrogens is 208 g/mol. The summed E-state index contributed by atoms with van der Waals surface area (Å²) >= 11 is 0. The molecule has 0 amide bonds. The van der Waals surface area contributed by atoms with Crippen LogP contribution in [-0.4, -0.2) is 31.6 Å². The fraction of sp³-hybridized carbons (Fsp3) is 0.750. The molecule has 16 heavy (non-hydrogen) atoms. The van der Waals surface area contributed by atoms with Gasteiger partial charge in [-0.3, -0.25) is 4.79 Å². The van der Waals surface area contributed by atoms with Crippen LogP contribution in [0.2, 0.25) is 0 Å². The Morgan fingerprint density at radius 1 is 1.56 bits per heavy atom. The van der Waals surface area contributed by atoms with Crippen molar-refractivity contribution in [3.8, 4) is 0 Å². The maximum Gasteiger partial charge on any atom is 0.314 e. The van der Waals surface area contributed by atoms with Gasteiger partial charge in [-0.25, -0.2) is 0 Å². The molecule has 0 spiro atoms. The molecular formula is C12H20O4. The van der Waals surface area contributed by atoms with Gasteiger partial charge >= 0.3 is 5.97 Å². The number of carbonyl (C=O) groups excluding carboxylic acids is 1. The van der Waals surface area contributed by atoms with Gasteiger partial charge in [0.1, 0.15) is 5.92 Å². The number of allylic oxidation sites excluding steroid dienone is 1. The fourth-order valence-corrected chi connectivity index (χ4v) is 1.85. The first-order valence-corrected chi connectivity index (χ1v) is 5.69. The molecule has 92 valence electrons. The van der Waals surface area contributed by atoms with E-state index in [1.807, 2.05) is 0 Å². The molecule has 1 fully saturated rings. The average molecular weight is 228 g/mol. The van der Waals surface area contributed by atoms with E-state index < -0.39 is 5.79 Å². The molecule has 1 unspecified atom stereocenters. The molecule has 0 aliphatic carbocycles. The van der Waals surface area contributed by atoms with E-state index in [1.54, 1.807) is 19.9 Å². The molecule has 1 heterocycles. The molecule has 4 nitrogen and oxygen atoms in total. The van der Waals surface area contributed by atoms with Crippen molar-refractivity contribution in [2.45, 2.75) is 32.5 Å². The third kappa shape index (κ3) is 3.06. The number of rotatable bonds is 6. The molecule has 1 aliphatic heterocycles. The Bertz CT molecular complexity index is 243. The number of ether oxygens (including phenoxy) is 3. The number of esters is 1. The van der Waals surface area contributed by atoms with Crippen LogP contribution in [-0.2, 0) is 19.0 Å². The normalized spacial score (nSPS) is 20.4. The summed E-state index contributed by atoms with van der Waals surface area (Å²) in [6.07, 6.45) is 3.16. The molecule has 1 rings (SSSR count). The first-order chi connectivity index (χ1) is 7.64. The highest BCUT2D eigenvalue weighted by atomic mass is 16.7. The molecule has 0 radical (unpaired) electrons. The molecule has 1 aliphatic rings.